The first kappa shape index (κ1) is 22.9. The third-order valence-corrected chi connectivity index (χ3v) is 4.10. The van der Waals surface area contributed by atoms with Gasteiger partial charge in [0.1, 0.15) is 6.04 Å². The molecular formula is C20H39NO3. The van der Waals surface area contributed by atoms with Crippen molar-refractivity contribution in [1.29, 1.82) is 0 Å². The Kier molecular flexibility index (Phi) is 13.7. The number of carbonyl (C=O) groups is 2. The second kappa shape index (κ2) is 14.3. The van der Waals surface area contributed by atoms with Gasteiger partial charge in [-0.05, 0) is 26.2 Å². The molecule has 24 heavy (non-hydrogen) atoms. The Bertz CT molecular complexity index is 340. The topological polar surface area (TPSA) is 55.4 Å². The van der Waals surface area contributed by atoms with Crippen molar-refractivity contribution in [2.45, 2.75) is 111 Å². The van der Waals surface area contributed by atoms with Crippen LogP contribution < -0.4 is 5.32 Å². The highest BCUT2D eigenvalue weighted by molar-refractivity contribution is 5.84. The van der Waals surface area contributed by atoms with Crippen LogP contribution >= 0.6 is 0 Å². The Balaban J connectivity index is 3.84. The Hall–Kier alpha value is -1.06. The van der Waals surface area contributed by atoms with E-state index in [0.717, 1.165) is 12.8 Å². The summed E-state index contributed by atoms with van der Waals surface area (Å²) in [6.07, 6.45) is 11.4. The molecule has 0 bridgehead atoms. The van der Waals surface area contributed by atoms with Crippen LogP contribution in [0.15, 0.2) is 0 Å². The lowest BCUT2D eigenvalue weighted by Crippen LogP contribution is -2.45. The number of amides is 1. The summed E-state index contributed by atoms with van der Waals surface area (Å²) in [6.45, 7) is 9.71. The number of carbonyl (C=O) groups excluding carboxylic acids is 2. The number of nitrogens with one attached hydrogen (secondary N) is 1. The molecule has 0 saturated carbocycles. The highest BCUT2D eigenvalue weighted by Crippen LogP contribution is 2.11. The Morgan fingerprint density at radius 3 is 1.79 bits per heavy atom. The van der Waals surface area contributed by atoms with Crippen LogP contribution in [0.5, 0.6) is 0 Å². The van der Waals surface area contributed by atoms with Gasteiger partial charge >= 0.3 is 5.97 Å². The molecule has 1 amide bonds. The van der Waals surface area contributed by atoms with E-state index < -0.39 is 6.04 Å². The van der Waals surface area contributed by atoms with E-state index in [-0.39, 0.29) is 23.9 Å². The minimum atomic E-state index is -0.543. The first-order valence-electron chi connectivity index (χ1n) is 9.88. The molecular weight excluding hydrogens is 302 g/mol. The van der Waals surface area contributed by atoms with E-state index in [1.54, 1.807) is 0 Å². The van der Waals surface area contributed by atoms with Gasteiger partial charge in [-0.2, -0.15) is 0 Å². The van der Waals surface area contributed by atoms with Crippen molar-refractivity contribution in [3.05, 3.63) is 0 Å². The minimum absolute atomic E-state index is 0.0309. The molecule has 142 valence electrons. The van der Waals surface area contributed by atoms with Crippen LogP contribution in [0.25, 0.3) is 0 Å². The van der Waals surface area contributed by atoms with Crippen molar-refractivity contribution in [2.24, 2.45) is 5.92 Å². The zero-order valence-corrected chi connectivity index (χ0v) is 16.5. The quantitative estimate of drug-likeness (QED) is 0.357. The van der Waals surface area contributed by atoms with Crippen molar-refractivity contribution in [3.8, 4) is 0 Å². The lowest BCUT2D eigenvalue weighted by atomic mass is 10.0. The van der Waals surface area contributed by atoms with Crippen molar-refractivity contribution in [2.75, 3.05) is 0 Å². The summed E-state index contributed by atoms with van der Waals surface area (Å²) in [4.78, 5) is 24.1. The molecule has 0 aromatic rings. The van der Waals surface area contributed by atoms with Crippen LogP contribution in [-0.2, 0) is 14.3 Å². The van der Waals surface area contributed by atoms with Gasteiger partial charge in [0.2, 0.25) is 5.91 Å². The zero-order valence-electron chi connectivity index (χ0n) is 16.5. The molecule has 0 aliphatic heterocycles. The number of hydrogen-bond donors (Lipinski definition) is 1. The summed E-state index contributed by atoms with van der Waals surface area (Å²) < 4.78 is 5.22. The van der Waals surface area contributed by atoms with Gasteiger partial charge in [-0.3, -0.25) is 4.79 Å². The molecule has 0 unspecified atom stereocenters. The summed E-state index contributed by atoms with van der Waals surface area (Å²) in [6, 6.07) is -0.543. The van der Waals surface area contributed by atoms with Gasteiger partial charge in [0.05, 0.1) is 6.10 Å². The third kappa shape index (κ3) is 12.4. The predicted molar refractivity (Wildman–Crippen MR) is 99.8 cm³/mol. The van der Waals surface area contributed by atoms with Gasteiger partial charge < -0.3 is 10.1 Å². The first-order chi connectivity index (χ1) is 11.4. The van der Waals surface area contributed by atoms with Gasteiger partial charge in [0.25, 0.3) is 0 Å². The SMILES string of the molecule is CCCCCCCCCCCC(=O)N[C@H](C(=O)OC(C)C)C(C)C. The Morgan fingerprint density at radius 1 is 0.833 bits per heavy atom. The summed E-state index contributed by atoms with van der Waals surface area (Å²) in [5, 5.41) is 2.83. The van der Waals surface area contributed by atoms with E-state index >= 15 is 0 Å². The maximum Gasteiger partial charge on any atom is 0.329 e. The lowest BCUT2D eigenvalue weighted by molar-refractivity contribution is -0.152. The van der Waals surface area contributed by atoms with E-state index in [1.807, 2.05) is 27.7 Å². The molecule has 0 rings (SSSR count). The third-order valence-electron chi connectivity index (χ3n) is 4.10. The number of rotatable bonds is 14. The number of esters is 1. The second-order valence-electron chi connectivity index (χ2n) is 7.35. The van der Waals surface area contributed by atoms with Crippen LogP contribution in [0.1, 0.15) is 98.8 Å². The van der Waals surface area contributed by atoms with E-state index in [2.05, 4.69) is 12.2 Å². The summed E-state index contributed by atoms with van der Waals surface area (Å²) in [5.41, 5.74) is 0. The van der Waals surface area contributed by atoms with E-state index in [0.29, 0.717) is 6.42 Å². The molecule has 0 fully saturated rings. The molecule has 0 aliphatic rings. The molecule has 0 heterocycles. The number of ether oxygens (including phenoxy) is 1. The maximum absolute atomic E-state index is 12.0. The molecule has 0 saturated heterocycles. The van der Waals surface area contributed by atoms with Crippen molar-refractivity contribution in [1.82, 2.24) is 5.32 Å². The molecule has 4 heteroatoms. The van der Waals surface area contributed by atoms with Crippen molar-refractivity contribution in [3.63, 3.8) is 0 Å². The Morgan fingerprint density at radius 2 is 1.33 bits per heavy atom. The van der Waals surface area contributed by atoms with Crippen LogP contribution in [0.3, 0.4) is 0 Å². The van der Waals surface area contributed by atoms with Crippen LogP contribution in [0, 0.1) is 5.92 Å². The van der Waals surface area contributed by atoms with Crippen molar-refractivity contribution < 1.29 is 14.3 Å². The lowest BCUT2D eigenvalue weighted by Gasteiger charge is -2.22. The zero-order chi connectivity index (χ0) is 18.4. The molecule has 4 nitrogen and oxygen atoms in total. The molecule has 0 aromatic heterocycles. The normalized spacial score (nSPS) is 12.5. The van der Waals surface area contributed by atoms with Gasteiger partial charge in [-0.25, -0.2) is 4.79 Å². The average Bonchev–Trinajstić information content (AvgIpc) is 2.49. The fourth-order valence-corrected chi connectivity index (χ4v) is 2.65. The van der Waals surface area contributed by atoms with Crippen LogP contribution in [-0.4, -0.2) is 24.0 Å². The summed E-state index contributed by atoms with van der Waals surface area (Å²) in [5.74, 6) is -0.346. The predicted octanol–water partition coefficient (Wildman–Crippen LogP) is 5.00. The Labute approximate surface area is 149 Å². The standard InChI is InChI=1S/C20H39NO3/c1-6-7-8-9-10-11-12-13-14-15-18(22)21-19(16(2)3)20(23)24-17(4)5/h16-17,19H,6-15H2,1-5H3,(H,21,22)/t19-/m0/s1. The van der Waals surface area contributed by atoms with Crippen LogP contribution in [0.2, 0.25) is 0 Å². The number of hydrogen-bond acceptors (Lipinski definition) is 3. The summed E-state index contributed by atoms with van der Waals surface area (Å²) >= 11 is 0. The minimum Gasteiger partial charge on any atom is -0.461 e. The fourth-order valence-electron chi connectivity index (χ4n) is 2.65. The first-order valence-corrected chi connectivity index (χ1v) is 9.88. The van der Waals surface area contributed by atoms with Gasteiger partial charge in [-0.15, -0.1) is 0 Å². The second-order valence-corrected chi connectivity index (χ2v) is 7.35. The van der Waals surface area contributed by atoms with Gasteiger partial charge in [0.15, 0.2) is 0 Å². The van der Waals surface area contributed by atoms with Gasteiger partial charge in [-0.1, -0.05) is 72.1 Å². The highest BCUT2D eigenvalue weighted by atomic mass is 16.5. The smallest absolute Gasteiger partial charge is 0.329 e. The fraction of sp³-hybridized carbons (Fsp3) is 0.900. The molecule has 0 spiro atoms. The highest BCUT2D eigenvalue weighted by Gasteiger charge is 2.26. The molecule has 0 aromatic carbocycles. The van der Waals surface area contributed by atoms with E-state index in [1.165, 1.54) is 44.9 Å². The van der Waals surface area contributed by atoms with Crippen LogP contribution in [0.4, 0.5) is 0 Å². The van der Waals surface area contributed by atoms with E-state index in [9.17, 15) is 9.59 Å². The average molecular weight is 342 g/mol. The van der Waals surface area contributed by atoms with Gasteiger partial charge in [0, 0.05) is 6.42 Å². The number of unbranched alkanes of at least 4 members (excludes halogenated alkanes) is 8. The monoisotopic (exact) mass is 341 g/mol. The van der Waals surface area contributed by atoms with Crippen molar-refractivity contribution >= 4 is 11.9 Å². The molecule has 1 atom stereocenters. The van der Waals surface area contributed by atoms with E-state index in [4.69, 9.17) is 4.74 Å². The molecule has 0 radical (unpaired) electrons. The summed E-state index contributed by atoms with van der Waals surface area (Å²) in [7, 11) is 0. The maximum atomic E-state index is 12.0. The largest absolute Gasteiger partial charge is 0.461 e. The molecule has 0 aliphatic carbocycles. The molecule has 1 N–H and O–H groups in total.